The molecule has 0 radical (unpaired) electrons. The van der Waals surface area contributed by atoms with Crippen molar-refractivity contribution >= 4 is 17.0 Å². The van der Waals surface area contributed by atoms with E-state index < -0.39 is 18.4 Å². The van der Waals surface area contributed by atoms with Gasteiger partial charge >= 0.3 is 6.01 Å². The predicted molar refractivity (Wildman–Crippen MR) is 88.8 cm³/mol. The van der Waals surface area contributed by atoms with E-state index in [2.05, 4.69) is 15.0 Å². The summed E-state index contributed by atoms with van der Waals surface area (Å²) < 4.78 is 13.1. The van der Waals surface area contributed by atoms with Gasteiger partial charge < -0.3 is 25.4 Å². The summed E-state index contributed by atoms with van der Waals surface area (Å²) in [6, 6.07) is 0.232. The van der Waals surface area contributed by atoms with E-state index in [4.69, 9.17) is 15.2 Å². The van der Waals surface area contributed by atoms with Crippen LogP contribution in [0, 0.1) is 5.92 Å². The first kappa shape index (κ1) is 16.5. The van der Waals surface area contributed by atoms with Crippen LogP contribution in [0.1, 0.15) is 38.3 Å². The van der Waals surface area contributed by atoms with E-state index in [9.17, 15) is 10.2 Å². The summed E-state index contributed by atoms with van der Waals surface area (Å²) >= 11 is 0. The number of imidazole rings is 1. The molecular formula is C16H23N5O4. The number of ether oxygens (including phenoxy) is 2. The normalized spacial score (nSPS) is 27.4. The summed E-state index contributed by atoms with van der Waals surface area (Å²) in [4.78, 5) is 12.9. The largest absolute Gasteiger partial charge is 0.463 e. The van der Waals surface area contributed by atoms with Crippen molar-refractivity contribution in [2.45, 2.75) is 50.5 Å². The minimum atomic E-state index is -0.732. The maximum absolute atomic E-state index is 9.94. The van der Waals surface area contributed by atoms with Crippen molar-refractivity contribution in [1.29, 1.82) is 0 Å². The molecule has 0 aromatic carbocycles. The molecule has 9 nitrogen and oxygen atoms in total. The summed E-state index contributed by atoms with van der Waals surface area (Å²) in [6.45, 7) is 0.349. The molecule has 9 heteroatoms. The number of hydrogen-bond acceptors (Lipinski definition) is 8. The van der Waals surface area contributed by atoms with Crippen LogP contribution in [0.5, 0.6) is 6.01 Å². The van der Waals surface area contributed by atoms with Crippen molar-refractivity contribution < 1.29 is 19.7 Å². The average molecular weight is 349 g/mol. The number of aromatic nitrogens is 4. The number of hydrogen-bond donors (Lipinski definition) is 3. The molecule has 1 aliphatic heterocycles. The van der Waals surface area contributed by atoms with Gasteiger partial charge in [0.2, 0.25) is 0 Å². The van der Waals surface area contributed by atoms with Crippen molar-refractivity contribution in [2.75, 3.05) is 18.9 Å². The Labute approximate surface area is 144 Å². The van der Waals surface area contributed by atoms with E-state index in [1.54, 1.807) is 10.9 Å². The van der Waals surface area contributed by atoms with Crippen LogP contribution < -0.4 is 10.5 Å². The van der Waals surface area contributed by atoms with E-state index in [1.807, 2.05) is 0 Å². The molecule has 136 valence electrons. The molecule has 0 bridgehead atoms. The number of nitrogens with zero attached hydrogens (tertiary/aromatic N) is 4. The fourth-order valence-electron chi connectivity index (χ4n) is 3.61. The SMILES string of the molecule is Nc1nc(OCC2CCCC2)nc2c1ncn2C1CC(O)C(CO)O1. The standard InChI is InChI=1S/C16H23N5O4/c17-14-13-15(20-16(19-14)24-7-9-3-1-2-4-9)21(8-18-13)12-5-10(23)11(6-22)25-12/h8-12,22-23H,1-7H2,(H2,17,19,20). The Morgan fingerprint density at radius 3 is 2.84 bits per heavy atom. The first-order valence-electron chi connectivity index (χ1n) is 8.73. The van der Waals surface area contributed by atoms with Crippen LogP contribution in [-0.4, -0.2) is 55.2 Å². The zero-order valence-electron chi connectivity index (χ0n) is 13.9. The summed E-state index contributed by atoms with van der Waals surface area (Å²) in [5, 5.41) is 19.2. The molecule has 3 unspecified atom stereocenters. The van der Waals surface area contributed by atoms with Crippen molar-refractivity contribution in [3.05, 3.63) is 6.33 Å². The van der Waals surface area contributed by atoms with Crippen molar-refractivity contribution in [2.24, 2.45) is 5.92 Å². The molecule has 4 N–H and O–H groups in total. The zero-order valence-corrected chi connectivity index (χ0v) is 13.9. The second-order valence-electron chi connectivity index (χ2n) is 6.79. The van der Waals surface area contributed by atoms with E-state index in [1.165, 1.54) is 25.7 Å². The van der Waals surface area contributed by atoms with Gasteiger partial charge in [0, 0.05) is 6.42 Å². The number of nitrogens with two attached hydrogens (primary N) is 1. The minimum absolute atomic E-state index is 0.232. The number of aliphatic hydroxyl groups excluding tert-OH is 2. The Morgan fingerprint density at radius 1 is 1.32 bits per heavy atom. The number of nitrogen functional groups attached to an aromatic ring is 1. The second kappa shape index (κ2) is 6.74. The van der Waals surface area contributed by atoms with E-state index in [-0.39, 0.29) is 18.4 Å². The summed E-state index contributed by atoms with van der Waals surface area (Å²) in [6.07, 6.45) is 4.94. The highest BCUT2D eigenvalue weighted by Crippen LogP contribution is 2.32. The number of aliphatic hydroxyl groups is 2. The van der Waals surface area contributed by atoms with Crippen LogP contribution in [-0.2, 0) is 4.74 Å². The molecule has 3 heterocycles. The zero-order chi connectivity index (χ0) is 17.4. The van der Waals surface area contributed by atoms with Gasteiger partial charge in [0.1, 0.15) is 12.3 Å². The van der Waals surface area contributed by atoms with E-state index in [0.717, 1.165) is 0 Å². The van der Waals surface area contributed by atoms with Gasteiger partial charge in [-0.15, -0.1) is 0 Å². The van der Waals surface area contributed by atoms with E-state index in [0.29, 0.717) is 30.1 Å². The second-order valence-corrected chi connectivity index (χ2v) is 6.79. The van der Waals surface area contributed by atoms with Gasteiger partial charge in [0.15, 0.2) is 17.0 Å². The highest BCUT2D eigenvalue weighted by atomic mass is 16.5. The molecule has 4 rings (SSSR count). The molecule has 1 saturated carbocycles. The molecule has 0 spiro atoms. The van der Waals surface area contributed by atoms with E-state index >= 15 is 0 Å². The van der Waals surface area contributed by atoms with Crippen molar-refractivity contribution in [3.63, 3.8) is 0 Å². The topological polar surface area (TPSA) is 129 Å². The molecule has 2 aromatic rings. The Hall–Kier alpha value is -1.97. The van der Waals surface area contributed by atoms with Gasteiger partial charge in [-0.3, -0.25) is 4.57 Å². The number of anilines is 1. The van der Waals surface area contributed by atoms with Crippen LogP contribution in [0.3, 0.4) is 0 Å². The molecule has 2 fully saturated rings. The fourth-order valence-corrected chi connectivity index (χ4v) is 3.61. The molecule has 25 heavy (non-hydrogen) atoms. The van der Waals surface area contributed by atoms with Gasteiger partial charge in [-0.2, -0.15) is 9.97 Å². The minimum Gasteiger partial charge on any atom is -0.463 e. The molecule has 1 saturated heterocycles. The summed E-state index contributed by atoms with van der Waals surface area (Å²) in [5.41, 5.74) is 6.97. The highest BCUT2D eigenvalue weighted by molar-refractivity contribution is 5.82. The summed E-state index contributed by atoms with van der Waals surface area (Å²) in [7, 11) is 0. The monoisotopic (exact) mass is 349 g/mol. The number of fused-ring (bicyclic) bond motifs is 1. The van der Waals surface area contributed by atoms with Crippen LogP contribution in [0.25, 0.3) is 11.2 Å². The van der Waals surface area contributed by atoms with Gasteiger partial charge in [-0.05, 0) is 18.8 Å². The van der Waals surface area contributed by atoms with Crippen LogP contribution in [0.15, 0.2) is 6.33 Å². The third-order valence-corrected chi connectivity index (χ3v) is 5.05. The Morgan fingerprint density at radius 2 is 2.12 bits per heavy atom. The quantitative estimate of drug-likeness (QED) is 0.716. The van der Waals surface area contributed by atoms with Crippen molar-refractivity contribution in [1.82, 2.24) is 19.5 Å². The molecule has 3 atom stereocenters. The fraction of sp³-hybridized carbons (Fsp3) is 0.688. The maximum Gasteiger partial charge on any atom is 0.320 e. The van der Waals surface area contributed by atoms with Crippen LogP contribution >= 0.6 is 0 Å². The number of rotatable bonds is 5. The summed E-state index contributed by atoms with van der Waals surface area (Å²) in [5.74, 6) is 0.798. The average Bonchev–Trinajstić information content (AvgIpc) is 3.32. The van der Waals surface area contributed by atoms with Gasteiger partial charge in [-0.25, -0.2) is 4.98 Å². The molecule has 2 aromatic heterocycles. The Bertz CT molecular complexity index is 745. The van der Waals surface area contributed by atoms with Gasteiger partial charge in [-0.1, -0.05) is 12.8 Å². The lowest BCUT2D eigenvalue weighted by Gasteiger charge is -2.14. The molecular weight excluding hydrogens is 326 g/mol. The molecule has 1 aliphatic carbocycles. The van der Waals surface area contributed by atoms with Crippen molar-refractivity contribution in [3.8, 4) is 6.01 Å². The highest BCUT2D eigenvalue weighted by Gasteiger charge is 2.35. The lowest BCUT2D eigenvalue weighted by Crippen LogP contribution is -2.24. The first-order valence-corrected chi connectivity index (χ1v) is 8.73. The lowest BCUT2D eigenvalue weighted by atomic mass is 10.1. The third-order valence-electron chi connectivity index (χ3n) is 5.05. The van der Waals surface area contributed by atoms with Crippen LogP contribution in [0.2, 0.25) is 0 Å². The first-order chi connectivity index (χ1) is 12.2. The molecule has 2 aliphatic rings. The van der Waals surface area contributed by atoms with Gasteiger partial charge in [0.05, 0.1) is 25.6 Å². The lowest BCUT2D eigenvalue weighted by molar-refractivity contribution is -0.0432. The smallest absolute Gasteiger partial charge is 0.320 e. The molecule has 0 amide bonds. The Kier molecular flexibility index (Phi) is 4.45. The van der Waals surface area contributed by atoms with Gasteiger partial charge in [0.25, 0.3) is 0 Å². The Balaban J connectivity index is 1.58. The maximum atomic E-state index is 9.94. The predicted octanol–water partition coefficient (Wildman–Crippen LogP) is 0.618. The van der Waals surface area contributed by atoms with Crippen LogP contribution in [0.4, 0.5) is 5.82 Å². The third kappa shape index (κ3) is 3.14.